The molecule has 2 nitrogen and oxygen atoms in total. The van der Waals surface area contributed by atoms with Gasteiger partial charge in [0, 0.05) is 19.2 Å². The zero-order chi connectivity index (χ0) is 12.0. The van der Waals surface area contributed by atoms with Crippen molar-refractivity contribution >= 4 is 0 Å². The first-order chi connectivity index (χ1) is 7.63. The van der Waals surface area contributed by atoms with Gasteiger partial charge in [-0.3, -0.25) is 0 Å². The molecule has 0 bridgehead atoms. The molecular formula is C14H29NO. The SMILES string of the molecule is CCOC(C)CNC1CCCC(C(C)C)C1. The molecule has 1 saturated carbocycles. The van der Waals surface area contributed by atoms with Crippen molar-refractivity contribution in [1.82, 2.24) is 5.32 Å². The van der Waals surface area contributed by atoms with Crippen LogP contribution in [0.3, 0.4) is 0 Å². The molecule has 0 aromatic rings. The third-order valence-electron chi connectivity index (χ3n) is 3.80. The average molecular weight is 227 g/mol. The summed E-state index contributed by atoms with van der Waals surface area (Å²) in [4.78, 5) is 0. The number of ether oxygens (including phenoxy) is 1. The van der Waals surface area contributed by atoms with Crippen LogP contribution in [0.15, 0.2) is 0 Å². The van der Waals surface area contributed by atoms with Crippen molar-refractivity contribution in [3.63, 3.8) is 0 Å². The van der Waals surface area contributed by atoms with E-state index in [-0.39, 0.29) is 0 Å². The van der Waals surface area contributed by atoms with Crippen LogP contribution in [0, 0.1) is 11.8 Å². The van der Waals surface area contributed by atoms with E-state index in [2.05, 4.69) is 33.0 Å². The number of nitrogens with one attached hydrogen (secondary N) is 1. The van der Waals surface area contributed by atoms with Gasteiger partial charge in [0.25, 0.3) is 0 Å². The van der Waals surface area contributed by atoms with Gasteiger partial charge in [-0.15, -0.1) is 0 Å². The predicted molar refractivity (Wildman–Crippen MR) is 69.7 cm³/mol. The molecule has 0 aliphatic heterocycles. The monoisotopic (exact) mass is 227 g/mol. The van der Waals surface area contributed by atoms with Crippen molar-refractivity contribution in [2.24, 2.45) is 11.8 Å². The summed E-state index contributed by atoms with van der Waals surface area (Å²) < 4.78 is 5.54. The zero-order valence-electron chi connectivity index (χ0n) is 11.5. The molecule has 1 rings (SSSR count). The van der Waals surface area contributed by atoms with E-state index < -0.39 is 0 Å². The highest BCUT2D eigenvalue weighted by molar-refractivity contribution is 4.80. The Bertz CT molecular complexity index is 182. The fourth-order valence-corrected chi connectivity index (χ4v) is 2.69. The highest BCUT2D eigenvalue weighted by Crippen LogP contribution is 2.29. The Morgan fingerprint density at radius 1 is 1.25 bits per heavy atom. The van der Waals surface area contributed by atoms with E-state index in [0.29, 0.717) is 6.10 Å². The van der Waals surface area contributed by atoms with Gasteiger partial charge in [0.1, 0.15) is 0 Å². The number of hydrogen-bond acceptors (Lipinski definition) is 2. The molecule has 1 aliphatic rings. The lowest BCUT2D eigenvalue weighted by Gasteiger charge is -2.32. The molecule has 96 valence electrons. The van der Waals surface area contributed by atoms with Crippen LogP contribution in [0.25, 0.3) is 0 Å². The minimum Gasteiger partial charge on any atom is -0.377 e. The summed E-state index contributed by atoms with van der Waals surface area (Å²) in [7, 11) is 0. The maximum Gasteiger partial charge on any atom is 0.0671 e. The Kier molecular flexibility index (Phi) is 6.37. The highest BCUT2D eigenvalue weighted by Gasteiger charge is 2.23. The molecule has 1 fully saturated rings. The van der Waals surface area contributed by atoms with E-state index >= 15 is 0 Å². The lowest BCUT2D eigenvalue weighted by molar-refractivity contribution is 0.0710. The number of hydrogen-bond donors (Lipinski definition) is 1. The molecule has 1 aliphatic carbocycles. The summed E-state index contributed by atoms with van der Waals surface area (Å²) in [6, 6.07) is 0.726. The van der Waals surface area contributed by atoms with Gasteiger partial charge in [0.05, 0.1) is 6.10 Å². The van der Waals surface area contributed by atoms with Gasteiger partial charge in [-0.1, -0.05) is 26.7 Å². The van der Waals surface area contributed by atoms with Crippen molar-refractivity contribution < 1.29 is 4.74 Å². The van der Waals surface area contributed by atoms with Gasteiger partial charge in [0.2, 0.25) is 0 Å². The van der Waals surface area contributed by atoms with Gasteiger partial charge in [0.15, 0.2) is 0 Å². The van der Waals surface area contributed by atoms with Crippen LogP contribution in [-0.2, 0) is 4.74 Å². The minimum atomic E-state index is 0.351. The fraction of sp³-hybridized carbons (Fsp3) is 1.00. The molecule has 3 unspecified atom stereocenters. The van der Waals surface area contributed by atoms with E-state index in [1.54, 1.807) is 0 Å². The van der Waals surface area contributed by atoms with Crippen LogP contribution in [0.1, 0.15) is 53.4 Å². The maximum atomic E-state index is 5.54. The number of rotatable bonds is 6. The van der Waals surface area contributed by atoms with Crippen LogP contribution in [-0.4, -0.2) is 25.3 Å². The Morgan fingerprint density at radius 3 is 2.62 bits per heavy atom. The molecule has 0 radical (unpaired) electrons. The van der Waals surface area contributed by atoms with Gasteiger partial charge in [-0.2, -0.15) is 0 Å². The Hall–Kier alpha value is -0.0800. The Labute approximate surface area is 101 Å². The smallest absolute Gasteiger partial charge is 0.0671 e. The molecular weight excluding hydrogens is 198 g/mol. The first-order valence-electron chi connectivity index (χ1n) is 6.98. The second kappa shape index (κ2) is 7.29. The van der Waals surface area contributed by atoms with Crippen LogP contribution in [0.2, 0.25) is 0 Å². The zero-order valence-corrected chi connectivity index (χ0v) is 11.5. The van der Waals surface area contributed by atoms with Crippen molar-refractivity contribution in [3.8, 4) is 0 Å². The first kappa shape index (κ1) is 14.0. The summed E-state index contributed by atoms with van der Waals surface area (Å²) in [6.45, 7) is 10.8. The molecule has 0 aromatic heterocycles. The first-order valence-corrected chi connectivity index (χ1v) is 6.98. The van der Waals surface area contributed by atoms with E-state index in [0.717, 1.165) is 31.0 Å². The third-order valence-corrected chi connectivity index (χ3v) is 3.80. The van der Waals surface area contributed by atoms with Gasteiger partial charge >= 0.3 is 0 Å². The van der Waals surface area contributed by atoms with Crippen LogP contribution in [0.5, 0.6) is 0 Å². The fourth-order valence-electron chi connectivity index (χ4n) is 2.69. The van der Waals surface area contributed by atoms with E-state index in [1.165, 1.54) is 25.7 Å². The summed E-state index contributed by atoms with van der Waals surface area (Å²) in [5.74, 6) is 1.77. The maximum absolute atomic E-state index is 5.54. The second-order valence-electron chi connectivity index (χ2n) is 5.54. The second-order valence-corrected chi connectivity index (χ2v) is 5.54. The minimum absolute atomic E-state index is 0.351. The van der Waals surface area contributed by atoms with E-state index in [1.807, 2.05) is 0 Å². The topological polar surface area (TPSA) is 21.3 Å². The van der Waals surface area contributed by atoms with E-state index in [4.69, 9.17) is 4.74 Å². The lowest BCUT2D eigenvalue weighted by Crippen LogP contribution is -2.39. The normalized spacial score (nSPS) is 28.3. The molecule has 0 amide bonds. The molecule has 2 heteroatoms. The summed E-state index contributed by atoms with van der Waals surface area (Å²) in [5, 5.41) is 3.67. The highest BCUT2D eigenvalue weighted by atomic mass is 16.5. The summed E-state index contributed by atoms with van der Waals surface area (Å²) >= 11 is 0. The lowest BCUT2D eigenvalue weighted by atomic mass is 9.79. The quantitative estimate of drug-likeness (QED) is 0.752. The van der Waals surface area contributed by atoms with E-state index in [9.17, 15) is 0 Å². The summed E-state index contributed by atoms with van der Waals surface area (Å²) in [6.07, 6.45) is 5.88. The largest absolute Gasteiger partial charge is 0.377 e. The molecule has 3 atom stereocenters. The Morgan fingerprint density at radius 2 is 2.00 bits per heavy atom. The molecule has 0 heterocycles. The summed E-state index contributed by atoms with van der Waals surface area (Å²) in [5.41, 5.74) is 0. The average Bonchev–Trinajstić information content (AvgIpc) is 2.27. The van der Waals surface area contributed by atoms with Crippen LogP contribution in [0.4, 0.5) is 0 Å². The molecule has 0 aromatic carbocycles. The van der Waals surface area contributed by atoms with Crippen LogP contribution < -0.4 is 5.32 Å². The van der Waals surface area contributed by atoms with Crippen molar-refractivity contribution in [3.05, 3.63) is 0 Å². The van der Waals surface area contributed by atoms with Crippen molar-refractivity contribution in [1.29, 1.82) is 0 Å². The Balaban J connectivity index is 2.21. The van der Waals surface area contributed by atoms with Gasteiger partial charge < -0.3 is 10.1 Å². The predicted octanol–water partition coefficient (Wildman–Crippen LogP) is 3.22. The molecule has 0 spiro atoms. The van der Waals surface area contributed by atoms with Gasteiger partial charge in [-0.25, -0.2) is 0 Å². The van der Waals surface area contributed by atoms with Crippen LogP contribution >= 0.6 is 0 Å². The molecule has 1 N–H and O–H groups in total. The third kappa shape index (κ3) is 4.84. The van der Waals surface area contributed by atoms with Crippen molar-refractivity contribution in [2.75, 3.05) is 13.2 Å². The molecule has 16 heavy (non-hydrogen) atoms. The van der Waals surface area contributed by atoms with Crippen molar-refractivity contribution in [2.45, 2.75) is 65.5 Å². The standard InChI is InChI=1S/C14H29NO/c1-5-16-12(4)10-15-14-8-6-7-13(9-14)11(2)3/h11-15H,5-10H2,1-4H3. The van der Waals surface area contributed by atoms with Gasteiger partial charge in [-0.05, 0) is 38.5 Å². The molecule has 0 saturated heterocycles.